The largest absolute Gasteiger partial charge is 0.361 e. The lowest BCUT2D eigenvalue weighted by atomic mass is 9.95. The Kier molecular flexibility index (Phi) is 5.56. The van der Waals surface area contributed by atoms with E-state index in [1.165, 1.54) is 12.8 Å². The summed E-state index contributed by atoms with van der Waals surface area (Å²) in [5, 5.41) is 11.6. The van der Waals surface area contributed by atoms with Gasteiger partial charge in [-0.05, 0) is 51.7 Å². The average molecular weight is 438 g/mol. The van der Waals surface area contributed by atoms with Gasteiger partial charge < -0.3 is 9.42 Å². The highest BCUT2D eigenvalue weighted by molar-refractivity contribution is 7.98. The van der Waals surface area contributed by atoms with Gasteiger partial charge in [0.2, 0.25) is 0 Å². The molecule has 1 aromatic carbocycles. The Balaban J connectivity index is 1.23. The molecule has 1 amide bonds. The molecule has 0 radical (unpaired) electrons. The van der Waals surface area contributed by atoms with Crippen LogP contribution in [-0.2, 0) is 5.75 Å². The molecule has 162 valence electrons. The molecular formula is C23H27N5O2S. The number of carbonyl (C=O) groups is 1. The standard InChI is InChI=1S/C23H27N5O2S/c1-14-19(15(2)30-27-14)13-31-20-6-4-3-5-18(20)23(29)28-11-9-17(10-12-28)22-24-21(25-26-22)16-7-8-16/h3-6,16-17H,7-13H2,1-2H3,(H,24,25,26). The van der Waals surface area contributed by atoms with Gasteiger partial charge in [0.25, 0.3) is 5.91 Å². The molecule has 5 rings (SSSR count). The lowest BCUT2D eigenvalue weighted by Gasteiger charge is -2.31. The molecule has 3 heterocycles. The molecule has 0 bridgehead atoms. The van der Waals surface area contributed by atoms with Crippen LogP contribution in [0.3, 0.4) is 0 Å². The van der Waals surface area contributed by atoms with E-state index >= 15 is 0 Å². The molecule has 7 nitrogen and oxygen atoms in total. The normalized spacial score (nSPS) is 17.3. The number of amides is 1. The number of aromatic nitrogens is 4. The van der Waals surface area contributed by atoms with E-state index in [2.05, 4.69) is 15.4 Å². The van der Waals surface area contributed by atoms with Crippen molar-refractivity contribution >= 4 is 17.7 Å². The third-order valence-electron chi connectivity index (χ3n) is 6.30. The highest BCUT2D eigenvalue weighted by Gasteiger charge is 2.31. The van der Waals surface area contributed by atoms with E-state index in [0.717, 1.165) is 70.8 Å². The second kappa shape index (κ2) is 8.49. The number of H-pyrrole nitrogens is 1. The first-order valence-electron chi connectivity index (χ1n) is 10.9. The van der Waals surface area contributed by atoms with Crippen molar-refractivity contribution < 1.29 is 9.32 Å². The number of nitrogens with zero attached hydrogens (tertiary/aromatic N) is 4. The van der Waals surface area contributed by atoms with Gasteiger partial charge in [0.05, 0.1) is 11.3 Å². The Morgan fingerprint density at radius 2 is 1.94 bits per heavy atom. The minimum Gasteiger partial charge on any atom is -0.361 e. The van der Waals surface area contributed by atoms with Crippen molar-refractivity contribution in [2.24, 2.45) is 0 Å². The predicted molar refractivity (Wildman–Crippen MR) is 118 cm³/mol. The summed E-state index contributed by atoms with van der Waals surface area (Å²) >= 11 is 1.66. The van der Waals surface area contributed by atoms with Crippen LogP contribution in [0.5, 0.6) is 0 Å². The van der Waals surface area contributed by atoms with E-state index < -0.39 is 0 Å². The number of hydrogen-bond acceptors (Lipinski definition) is 6. The van der Waals surface area contributed by atoms with Crippen molar-refractivity contribution in [2.75, 3.05) is 13.1 Å². The first-order chi connectivity index (χ1) is 15.1. The second-order valence-electron chi connectivity index (χ2n) is 8.51. The van der Waals surface area contributed by atoms with Crippen LogP contribution in [0.2, 0.25) is 0 Å². The number of aryl methyl sites for hydroxylation is 2. The fraction of sp³-hybridized carbons (Fsp3) is 0.478. The smallest absolute Gasteiger partial charge is 0.254 e. The zero-order valence-electron chi connectivity index (χ0n) is 17.9. The monoisotopic (exact) mass is 437 g/mol. The van der Waals surface area contributed by atoms with E-state index in [4.69, 9.17) is 9.51 Å². The van der Waals surface area contributed by atoms with Gasteiger partial charge in [-0.3, -0.25) is 9.89 Å². The molecule has 1 saturated carbocycles. The van der Waals surface area contributed by atoms with Gasteiger partial charge in [-0.15, -0.1) is 11.8 Å². The van der Waals surface area contributed by atoms with Gasteiger partial charge in [-0.2, -0.15) is 5.10 Å². The van der Waals surface area contributed by atoms with Crippen LogP contribution in [0, 0.1) is 13.8 Å². The molecule has 1 saturated heterocycles. The summed E-state index contributed by atoms with van der Waals surface area (Å²) in [5.74, 6) is 4.56. The van der Waals surface area contributed by atoms with Gasteiger partial charge in [0, 0.05) is 41.1 Å². The van der Waals surface area contributed by atoms with Crippen LogP contribution in [-0.4, -0.2) is 44.2 Å². The van der Waals surface area contributed by atoms with Crippen LogP contribution in [0.4, 0.5) is 0 Å². The summed E-state index contributed by atoms with van der Waals surface area (Å²) < 4.78 is 5.27. The van der Waals surface area contributed by atoms with Crippen molar-refractivity contribution in [1.29, 1.82) is 0 Å². The summed E-state index contributed by atoms with van der Waals surface area (Å²) in [5.41, 5.74) is 2.78. The number of carbonyl (C=O) groups excluding carboxylic acids is 1. The summed E-state index contributed by atoms with van der Waals surface area (Å²) in [4.78, 5) is 21.0. The average Bonchev–Trinajstić information content (AvgIpc) is 3.44. The third-order valence-corrected chi connectivity index (χ3v) is 7.40. The van der Waals surface area contributed by atoms with Gasteiger partial charge in [0.15, 0.2) is 5.82 Å². The zero-order valence-corrected chi connectivity index (χ0v) is 18.7. The maximum Gasteiger partial charge on any atom is 0.254 e. The number of benzene rings is 1. The summed E-state index contributed by atoms with van der Waals surface area (Å²) in [7, 11) is 0. The second-order valence-corrected chi connectivity index (χ2v) is 9.52. The first kappa shape index (κ1) is 20.3. The van der Waals surface area contributed by atoms with Crippen LogP contribution < -0.4 is 0 Å². The van der Waals surface area contributed by atoms with Gasteiger partial charge in [-0.25, -0.2) is 4.98 Å². The van der Waals surface area contributed by atoms with Crippen LogP contribution >= 0.6 is 11.8 Å². The topological polar surface area (TPSA) is 87.9 Å². The number of thioether (sulfide) groups is 1. The lowest BCUT2D eigenvalue weighted by Crippen LogP contribution is -2.38. The Bertz CT molecular complexity index is 1060. The van der Waals surface area contributed by atoms with Gasteiger partial charge in [-0.1, -0.05) is 17.3 Å². The predicted octanol–water partition coefficient (Wildman–Crippen LogP) is 4.60. The van der Waals surface area contributed by atoms with Crippen LogP contribution in [0.25, 0.3) is 0 Å². The highest BCUT2D eigenvalue weighted by atomic mass is 32.2. The van der Waals surface area contributed by atoms with Gasteiger partial charge >= 0.3 is 0 Å². The first-order valence-corrected chi connectivity index (χ1v) is 11.9. The molecule has 3 aromatic rings. The third kappa shape index (κ3) is 4.26. The van der Waals surface area contributed by atoms with E-state index in [9.17, 15) is 4.79 Å². The molecule has 0 atom stereocenters. The van der Waals surface area contributed by atoms with Crippen LogP contribution in [0.1, 0.15) is 76.5 Å². The number of rotatable bonds is 6. The number of aromatic amines is 1. The summed E-state index contributed by atoms with van der Waals surface area (Å²) in [6.07, 6.45) is 4.24. The molecule has 2 fully saturated rings. The molecule has 8 heteroatoms. The number of hydrogen-bond donors (Lipinski definition) is 1. The molecule has 0 spiro atoms. The molecule has 1 N–H and O–H groups in total. The lowest BCUT2D eigenvalue weighted by molar-refractivity contribution is 0.0707. The maximum absolute atomic E-state index is 13.3. The molecule has 2 aromatic heterocycles. The Hall–Kier alpha value is -2.61. The van der Waals surface area contributed by atoms with Crippen molar-refractivity contribution in [1.82, 2.24) is 25.2 Å². The van der Waals surface area contributed by atoms with Crippen molar-refractivity contribution in [3.8, 4) is 0 Å². The summed E-state index contributed by atoms with van der Waals surface area (Å²) in [6, 6.07) is 7.88. The molecule has 2 aliphatic rings. The Morgan fingerprint density at radius 3 is 2.65 bits per heavy atom. The number of piperidine rings is 1. The molecule has 1 aliphatic heterocycles. The van der Waals surface area contributed by atoms with E-state index in [1.807, 2.05) is 43.0 Å². The summed E-state index contributed by atoms with van der Waals surface area (Å²) in [6.45, 7) is 5.37. The quantitative estimate of drug-likeness (QED) is 0.567. The molecule has 31 heavy (non-hydrogen) atoms. The maximum atomic E-state index is 13.3. The fourth-order valence-electron chi connectivity index (χ4n) is 4.15. The SMILES string of the molecule is Cc1noc(C)c1CSc1ccccc1C(=O)N1CCC(c2nc(C3CC3)n[nH]2)CC1. The number of likely N-dealkylation sites (tertiary alicyclic amines) is 1. The van der Waals surface area contributed by atoms with Crippen LogP contribution in [0.15, 0.2) is 33.7 Å². The minimum absolute atomic E-state index is 0.108. The molecular weight excluding hydrogens is 410 g/mol. The van der Waals surface area contributed by atoms with E-state index in [0.29, 0.717) is 11.8 Å². The minimum atomic E-state index is 0.108. The fourth-order valence-corrected chi connectivity index (χ4v) is 5.35. The van der Waals surface area contributed by atoms with Crippen molar-refractivity contribution in [3.63, 3.8) is 0 Å². The number of nitrogens with one attached hydrogen (secondary N) is 1. The zero-order chi connectivity index (χ0) is 21.4. The van der Waals surface area contributed by atoms with E-state index in [-0.39, 0.29) is 5.91 Å². The molecule has 1 aliphatic carbocycles. The Morgan fingerprint density at radius 1 is 1.16 bits per heavy atom. The Labute approximate surface area is 186 Å². The van der Waals surface area contributed by atoms with E-state index in [1.54, 1.807) is 11.8 Å². The molecule has 0 unspecified atom stereocenters. The van der Waals surface area contributed by atoms with Gasteiger partial charge in [0.1, 0.15) is 11.6 Å². The highest BCUT2D eigenvalue weighted by Crippen LogP contribution is 2.39. The van der Waals surface area contributed by atoms with Crippen molar-refractivity contribution in [2.45, 2.75) is 62.0 Å². The van der Waals surface area contributed by atoms with Crippen molar-refractivity contribution in [3.05, 3.63) is 58.5 Å².